The third kappa shape index (κ3) is 1.66. The highest BCUT2D eigenvalue weighted by molar-refractivity contribution is 9.11. The topological polar surface area (TPSA) is 12.9 Å². The lowest BCUT2D eigenvalue weighted by Gasteiger charge is -2.56. The summed E-state index contributed by atoms with van der Waals surface area (Å²) in [6.45, 7) is 2.22. The van der Waals surface area contributed by atoms with Crippen molar-refractivity contribution in [1.82, 2.24) is 4.98 Å². The normalized spacial score (nSPS) is 41.6. The highest BCUT2D eigenvalue weighted by Gasteiger charge is 2.53. The molecule has 1 nitrogen and oxygen atoms in total. The van der Waals surface area contributed by atoms with Crippen LogP contribution in [0.2, 0.25) is 0 Å². The van der Waals surface area contributed by atoms with Gasteiger partial charge >= 0.3 is 0 Å². The SMILES string of the molecule is CCc1nc(C23CC4CC(CC(C4)C2)C3)c(Br)s1. The lowest BCUT2D eigenvalue weighted by molar-refractivity contribution is -0.00729. The molecule has 98 valence electrons. The number of hydrogen-bond acceptors (Lipinski definition) is 2. The van der Waals surface area contributed by atoms with E-state index < -0.39 is 0 Å². The van der Waals surface area contributed by atoms with Crippen molar-refractivity contribution in [3.63, 3.8) is 0 Å². The largest absolute Gasteiger partial charge is 0.244 e. The standard InChI is InChI=1S/C15H20BrNS/c1-2-12-17-13(14(16)18-12)15-6-9-3-10(7-15)5-11(4-9)8-15/h9-11H,2-8H2,1H3. The molecule has 4 aliphatic carbocycles. The third-order valence-electron chi connectivity index (χ3n) is 5.47. The van der Waals surface area contributed by atoms with E-state index >= 15 is 0 Å². The molecule has 0 aromatic carbocycles. The molecule has 0 N–H and O–H groups in total. The minimum absolute atomic E-state index is 0.456. The summed E-state index contributed by atoms with van der Waals surface area (Å²) in [4.78, 5) is 4.99. The summed E-state index contributed by atoms with van der Waals surface area (Å²) in [6, 6.07) is 0. The summed E-state index contributed by atoms with van der Waals surface area (Å²) in [7, 11) is 0. The number of nitrogens with zero attached hydrogens (tertiary/aromatic N) is 1. The lowest BCUT2D eigenvalue weighted by atomic mass is 9.49. The minimum Gasteiger partial charge on any atom is -0.244 e. The van der Waals surface area contributed by atoms with Gasteiger partial charge in [-0.05, 0) is 78.6 Å². The zero-order valence-corrected chi connectivity index (χ0v) is 13.3. The maximum Gasteiger partial charge on any atom is 0.0937 e. The molecule has 18 heavy (non-hydrogen) atoms. The van der Waals surface area contributed by atoms with Crippen molar-refractivity contribution in [1.29, 1.82) is 0 Å². The van der Waals surface area contributed by atoms with E-state index in [0.29, 0.717) is 5.41 Å². The van der Waals surface area contributed by atoms with Gasteiger partial charge in [-0.2, -0.15) is 0 Å². The van der Waals surface area contributed by atoms with Gasteiger partial charge in [0.2, 0.25) is 0 Å². The summed E-state index contributed by atoms with van der Waals surface area (Å²) >= 11 is 5.67. The molecule has 3 heteroatoms. The number of thiazole rings is 1. The van der Waals surface area contributed by atoms with E-state index in [2.05, 4.69) is 22.9 Å². The predicted molar refractivity (Wildman–Crippen MR) is 79.0 cm³/mol. The summed E-state index contributed by atoms with van der Waals surface area (Å²) in [6.07, 6.45) is 9.89. The lowest BCUT2D eigenvalue weighted by Crippen LogP contribution is -2.48. The first kappa shape index (κ1) is 11.9. The smallest absolute Gasteiger partial charge is 0.0937 e. The van der Waals surface area contributed by atoms with Gasteiger partial charge in [0, 0.05) is 5.41 Å². The average molecular weight is 326 g/mol. The van der Waals surface area contributed by atoms with Crippen molar-refractivity contribution in [2.75, 3.05) is 0 Å². The Balaban J connectivity index is 1.76. The number of aromatic nitrogens is 1. The first-order valence-electron chi connectivity index (χ1n) is 7.34. The quantitative estimate of drug-likeness (QED) is 0.750. The molecular formula is C15H20BrNS. The van der Waals surface area contributed by atoms with Gasteiger partial charge < -0.3 is 0 Å². The van der Waals surface area contributed by atoms with Gasteiger partial charge in [0.15, 0.2) is 0 Å². The van der Waals surface area contributed by atoms with Gasteiger partial charge in [0.05, 0.1) is 14.5 Å². The molecule has 0 aliphatic heterocycles. The van der Waals surface area contributed by atoms with Crippen LogP contribution in [-0.4, -0.2) is 4.98 Å². The Hall–Kier alpha value is 0.110. The second-order valence-corrected chi connectivity index (χ2v) is 9.18. The van der Waals surface area contributed by atoms with Crippen LogP contribution in [0.4, 0.5) is 0 Å². The molecule has 4 bridgehead atoms. The maximum atomic E-state index is 4.99. The van der Waals surface area contributed by atoms with Gasteiger partial charge in [-0.1, -0.05) is 6.92 Å². The molecule has 1 heterocycles. The van der Waals surface area contributed by atoms with Crippen LogP contribution in [0, 0.1) is 17.8 Å². The molecule has 5 rings (SSSR count). The summed E-state index contributed by atoms with van der Waals surface area (Å²) < 4.78 is 1.33. The summed E-state index contributed by atoms with van der Waals surface area (Å²) in [5.74, 6) is 3.03. The second-order valence-electron chi connectivity index (χ2n) is 6.78. The van der Waals surface area contributed by atoms with Gasteiger partial charge in [-0.3, -0.25) is 0 Å². The number of halogens is 1. The minimum atomic E-state index is 0.456. The van der Waals surface area contributed by atoms with E-state index in [1.54, 1.807) is 0 Å². The van der Waals surface area contributed by atoms with Crippen molar-refractivity contribution in [2.45, 2.75) is 57.3 Å². The highest BCUT2D eigenvalue weighted by atomic mass is 79.9. The van der Waals surface area contributed by atoms with Gasteiger partial charge in [0.25, 0.3) is 0 Å². The number of rotatable bonds is 2. The molecule has 4 aliphatic rings. The Morgan fingerprint density at radius 2 is 1.72 bits per heavy atom. The zero-order valence-electron chi connectivity index (χ0n) is 10.9. The Bertz CT molecular complexity index is 444. The molecule has 4 saturated carbocycles. The van der Waals surface area contributed by atoms with Crippen LogP contribution in [0.25, 0.3) is 0 Å². The predicted octanol–water partition coefficient (Wildman–Crippen LogP) is 4.94. The van der Waals surface area contributed by atoms with Gasteiger partial charge in [-0.15, -0.1) is 11.3 Å². The Labute approximate surface area is 122 Å². The Morgan fingerprint density at radius 1 is 1.17 bits per heavy atom. The fraction of sp³-hybridized carbons (Fsp3) is 0.800. The molecule has 0 saturated heterocycles. The highest BCUT2D eigenvalue weighted by Crippen LogP contribution is 2.61. The zero-order chi connectivity index (χ0) is 12.3. The molecule has 0 amide bonds. The molecule has 1 aromatic heterocycles. The fourth-order valence-corrected chi connectivity index (χ4v) is 7.14. The van der Waals surface area contributed by atoms with E-state index in [-0.39, 0.29) is 0 Å². The summed E-state index contributed by atoms with van der Waals surface area (Å²) in [5.41, 5.74) is 1.89. The van der Waals surface area contributed by atoms with Crippen molar-refractivity contribution >= 4 is 27.3 Å². The van der Waals surface area contributed by atoms with E-state index in [1.807, 2.05) is 11.3 Å². The Kier molecular flexibility index (Phi) is 2.68. The molecule has 1 aromatic rings. The summed E-state index contributed by atoms with van der Waals surface area (Å²) in [5, 5.41) is 1.31. The Morgan fingerprint density at radius 3 is 2.17 bits per heavy atom. The van der Waals surface area contributed by atoms with E-state index in [0.717, 1.165) is 24.2 Å². The molecular weight excluding hydrogens is 306 g/mol. The van der Waals surface area contributed by atoms with Crippen molar-refractivity contribution in [2.24, 2.45) is 17.8 Å². The van der Waals surface area contributed by atoms with Crippen LogP contribution in [0.1, 0.15) is 56.2 Å². The van der Waals surface area contributed by atoms with Crippen LogP contribution in [-0.2, 0) is 11.8 Å². The van der Waals surface area contributed by atoms with Crippen LogP contribution >= 0.6 is 27.3 Å². The maximum absolute atomic E-state index is 4.99. The number of aryl methyl sites for hydroxylation is 1. The molecule has 0 spiro atoms. The van der Waals surface area contributed by atoms with Gasteiger partial charge in [0.1, 0.15) is 0 Å². The molecule has 0 radical (unpaired) electrons. The molecule has 0 unspecified atom stereocenters. The first-order valence-corrected chi connectivity index (χ1v) is 8.95. The van der Waals surface area contributed by atoms with Crippen LogP contribution in [0.3, 0.4) is 0 Å². The third-order valence-corrected chi connectivity index (χ3v) is 7.32. The van der Waals surface area contributed by atoms with Crippen molar-refractivity contribution < 1.29 is 0 Å². The van der Waals surface area contributed by atoms with Crippen LogP contribution in [0.15, 0.2) is 3.79 Å². The van der Waals surface area contributed by atoms with E-state index in [1.165, 1.54) is 53.0 Å². The monoisotopic (exact) mass is 325 g/mol. The van der Waals surface area contributed by atoms with Crippen LogP contribution < -0.4 is 0 Å². The molecule has 0 atom stereocenters. The molecule has 4 fully saturated rings. The number of hydrogen-bond donors (Lipinski definition) is 0. The second kappa shape index (κ2) is 4.05. The first-order chi connectivity index (χ1) is 8.68. The van der Waals surface area contributed by atoms with Crippen molar-refractivity contribution in [3.05, 3.63) is 14.5 Å². The fourth-order valence-electron chi connectivity index (χ4n) is 5.22. The average Bonchev–Trinajstić information content (AvgIpc) is 2.69. The van der Waals surface area contributed by atoms with E-state index in [4.69, 9.17) is 4.98 Å². The van der Waals surface area contributed by atoms with Crippen LogP contribution in [0.5, 0.6) is 0 Å². The van der Waals surface area contributed by atoms with Crippen molar-refractivity contribution in [3.8, 4) is 0 Å². The van der Waals surface area contributed by atoms with Gasteiger partial charge in [-0.25, -0.2) is 4.98 Å². The van der Waals surface area contributed by atoms with E-state index in [9.17, 15) is 0 Å².